The van der Waals surface area contributed by atoms with Gasteiger partial charge in [-0.2, -0.15) is 5.26 Å². The van der Waals surface area contributed by atoms with Gasteiger partial charge in [0.15, 0.2) is 0 Å². The first-order valence-electron chi connectivity index (χ1n) is 7.12. The van der Waals surface area contributed by atoms with E-state index in [2.05, 4.69) is 31.8 Å². The molecule has 0 spiro atoms. The highest BCUT2D eigenvalue weighted by Crippen LogP contribution is 2.78. The molecule has 1 aliphatic heterocycles. The average Bonchev–Trinajstić information content (AvgIpc) is 2.78. The first-order chi connectivity index (χ1) is 9.81. The largest absolute Gasteiger partial charge is 0.465 e. The van der Waals surface area contributed by atoms with Crippen LogP contribution in [0.5, 0.6) is 0 Å². The molecule has 0 aromatic carbocycles. The third-order valence-corrected chi connectivity index (χ3v) is 5.44. The molecular formula is C16H19N3O2. The molecular weight excluding hydrogens is 266 g/mol. The van der Waals surface area contributed by atoms with Crippen LogP contribution in [0.25, 0.3) is 0 Å². The molecule has 5 nitrogen and oxygen atoms in total. The van der Waals surface area contributed by atoms with Gasteiger partial charge in [0.2, 0.25) is 0 Å². The second-order valence-corrected chi connectivity index (χ2v) is 7.07. The summed E-state index contributed by atoms with van der Waals surface area (Å²) in [5.74, 6) is 0.0148. The van der Waals surface area contributed by atoms with Crippen molar-refractivity contribution in [3.63, 3.8) is 0 Å². The second kappa shape index (κ2) is 3.97. The predicted molar refractivity (Wildman–Crippen MR) is 76.5 cm³/mol. The van der Waals surface area contributed by atoms with Crippen molar-refractivity contribution in [2.24, 2.45) is 16.7 Å². The number of piperidine rings is 1. The van der Waals surface area contributed by atoms with E-state index in [1.165, 1.54) is 4.90 Å². The Morgan fingerprint density at radius 3 is 2.67 bits per heavy atom. The Labute approximate surface area is 124 Å². The minimum absolute atomic E-state index is 0.0148. The Morgan fingerprint density at radius 2 is 2.24 bits per heavy atom. The van der Waals surface area contributed by atoms with E-state index in [1.54, 1.807) is 6.20 Å². The summed E-state index contributed by atoms with van der Waals surface area (Å²) in [5.41, 5.74) is -0.424. The Kier molecular flexibility index (Phi) is 2.62. The first kappa shape index (κ1) is 13.9. The quantitative estimate of drug-likeness (QED) is 0.860. The molecule has 0 radical (unpaired) electrons. The highest BCUT2D eigenvalue weighted by atomic mass is 16.4. The number of hydrogen-bond acceptors (Lipinski definition) is 3. The number of nitriles is 1. The van der Waals surface area contributed by atoms with Crippen LogP contribution < -0.4 is 0 Å². The van der Waals surface area contributed by atoms with Crippen molar-refractivity contribution < 1.29 is 9.90 Å². The van der Waals surface area contributed by atoms with E-state index >= 15 is 0 Å². The third kappa shape index (κ3) is 1.45. The molecule has 1 amide bonds. The number of carboxylic acid groups (broad SMARTS) is 1. The van der Waals surface area contributed by atoms with E-state index < -0.39 is 11.5 Å². The van der Waals surface area contributed by atoms with Gasteiger partial charge in [0, 0.05) is 30.6 Å². The summed E-state index contributed by atoms with van der Waals surface area (Å²) in [4.78, 5) is 17.1. The molecule has 1 N–H and O–H groups in total. The molecule has 21 heavy (non-hydrogen) atoms. The van der Waals surface area contributed by atoms with E-state index in [4.69, 9.17) is 0 Å². The fraction of sp³-hybridized carbons (Fsp3) is 0.562. The normalized spacial score (nSPS) is 34.2. The molecule has 3 unspecified atom stereocenters. The van der Waals surface area contributed by atoms with Crippen molar-refractivity contribution in [3.8, 4) is 6.07 Å². The summed E-state index contributed by atoms with van der Waals surface area (Å²) in [7, 11) is 0. The SMILES string of the molecule is CC(C)(C)C12CN(C(=O)O)CC1C2(C#N)c1ccccn1. The van der Waals surface area contributed by atoms with Gasteiger partial charge < -0.3 is 10.0 Å². The topological polar surface area (TPSA) is 77.2 Å². The molecule has 110 valence electrons. The van der Waals surface area contributed by atoms with Crippen molar-refractivity contribution >= 4 is 6.09 Å². The fourth-order valence-corrected chi connectivity index (χ4v) is 4.47. The zero-order chi connectivity index (χ0) is 15.5. The van der Waals surface area contributed by atoms with Gasteiger partial charge in [-0.05, 0) is 17.5 Å². The minimum atomic E-state index is -0.904. The van der Waals surface area contributed by atoms with E-state index in [9.17, 15) is 15.2 Å². The summed E-state index contributed by atoms with van der Waals surface area (Å²) in [5, 5.41) is 19.2. The average molecular weight is 285 g/mol. The van der Waals surface area contributed by atoms with Crippen LogP contribution in [0.1, 0.15) is 26.5 Å². The maximum absolute atomic E-state index is 11.3. The van der Waals surface area contributed by atoms with Crippen LogP contribution in [-0.4, -0.2) is 34.2 Å². The monoisotopic (exact) mass is 285 g/mol. The van der Waals surface area contributed by atoms with Crippen molar-refractivity contribution in [2.45, 2.75) is 26.2 Å². The lowest BCUT2D eigenvalue weighted by molar-refractivity contribution is 0.122. The number of fused-ring (bicyclic) bond motifs is 1. The molecule has 1 saturated heterocycles. The van der Waals surface area contributed by atoms with Crippen molar-refractivity contribution in [2.75, 3.05) is 13.1 Å². The molecule has 2 aliphatic rings. The van der Waals surface area contributed by atoms with Crippen LogP contribution in [0.15, 0.2) is 24.4 Å². The zero-order valence-electron chi connectivity index (χ0n) is 12.5. The van der Waals surface area contributed by atoms with Gasteiger partial charge in [-0.25, -0.2) is 4.79 Å². The van der Waals surface area contributed by atoms with E-state index in [0.29, 0.717) is 13.1 Å². The molecule has 1 aromatic rings. The number of likely N-dealkylation sites (tertiary alicyclic amines) is 1. The Hall–Kier alpha value is -2.09. The highest BCUT2D eigenvalue weighted by Gasteiger charge is 2.85. The van der Waals surface area contributed by atoms with Gasteiger partial charge >= 0.3 is 6.09 Å². The Balaban J connectivity index is 2.11. The summed E-state index contributed by atoms with van der Waals surface area (Å²) < 4.78 is 0. The van der Waals surface area contributed by atoms with Gasteiger partial charge in [0.1, 0.15) is 5.41 Å². The maximum Gasteiger partial charge on any atom is 0.407 e. The van der Waals surface area contributed by atoms with Gasteiger partial charge in [-0.3, -0.25) is 4.98 Å². The van der Waals surface area contributed by atoms with E-state index in [0.717, 1.165) is 5.69 Å². The molecule has 2 fully saturated rings. The molecule has 5 heteroatoms. The lowest BCUT2D eigenvalue weighted by Gasteiger charge is -2.35. The zero-order valence-corrected chi connectivity index (χ0v) is 12.5. The number of nitrogens with zero attached hydrogens (tertiary/aromatic N) is 3. The summed E-state index contributed by atoms with van der Waals surface area (Å²) in [6.45, 7) is 7.09. The van der Waals surface area contributed by atoms with Crippen molar-refractivity contribution in [1.29, 1.82) is 5.26 Å². The van der Waals surface area contributed by atoms with Gasteiger partial charge in [-0.15, -0.1) is 0 Å². The molecule has 1 saturated carbocycles. The summed E-state index contributed by atoms with van der Waals surface area (Å²) in [6.07, 6.45) is 0.798. The van der Waals surface area contributed by atoms with Crippen LogP contribution in [0, 0.1) is 28.1 Å². The third-order valence-electron chi connectivity index (χ3n) is 5.44. The second-order valence-electron chi connectivity index (χ2n) is 7.07. The summed E-state index contributed by atoms with van der Waals surface area (Å²) >= 11 is 0. The smallest absolute Gasteiger partial charge is 0.407 e. The van der Waals surface area contributed by atoms with Crippen LogP contribution in [0.3, 0.4) is 0 Å². The van der Waals surface area contributed by atoms with E-state index in [1.807, 2.05) is 18.2 Å². The van der Waals surface area contributed by atoms with Gasteiger partial charge in [-0.1, -0.05) is 26.8 Å². The molecule has 1 aliphatic carbocycles. The lowest BCUT2D eigenvalue weighted by Crippen LogP contribution is -2.41. The highest BCUT2D eigenvalue weighted by molar-refractivity contribution is 5.68. The number of amides is 1. The van der Waals surface area contributed by atoms with Crippen molar-refractivity contribution in [3.05, 3.63) is 30.1 Å². The molecule has 0 bridgehead atoms. The Bertz CT molecular complexity index is 631. The van der Waals surface area contributed by atoms with Crippen LogP contribution in [0.4, 0.5) is 4.79 Å². The van der Waals surface area contributed by atoms with Crippen LogP contribution >= 0.6 is 0 Å². The Morgan fingerprint density at radius 1 is 1.52 bits per heavy atom. The number of aromatic nitrogens is 1. The van der Waals surface area contributed by atoms with Crippen LogP contribution in [0.2, 0.25) is 0 Å². The molecule has 2 heterocycles. The van der Waals surface area contributed by atoms with Gasteiger partial charge in [0.05, 0.1) is 11.8 Å². The van der Waals surface area contributed by atoms with E-state index in [-0.39, 0.29) is 16.7 Å². The number of pyridine rings is 1. The predicted octanol–water partition coefficient (Wildman–Crippen LogP) is 2.50. The standard InChI is InChI=1S/C16H19N3O2/c1-14(2,3)16-10-19(13(20)21)8-11(16)15(16,9-17)12-6-4-5-7-18-12/h4-7,11H,8,10H2,1-3H3,(H,20,21). The number of carbonyl (C=O) groups is 1. The molecule has 3 atom stereocenters. The first-order valence-corrected chi connectivity index (χ1v) is 7.12. The summed E-state index contributed by atoms with van der Waals surface area (Å²) in [6, 6.07) is 8.11. The maximum atomic E-state index is 11.3. The molecule has 3 rings (SSSR count). The van der Waals surface area contributed by atoms with Crippen molar-refractivity contribution in [1.82, 2.24) is 9.88 Å². The lowest BCUT2D eigenvalue weighted by atomic mass is 9.71. The molecule has 1 aromatic heterocycles. The number of rotatable bonds is 1. The van der Waals surface area contributed by atoms with Gasteiger partial charge in [0.25, 0.3) is 0 Å². The fourth-order valence-electron chi connectivity index (χ4n) is 4.47. The minimum Gasteiger partial charge on any atom is -0.465 e. The van der Waals surface area contributed by atoms with Crippen LogP contribution in [-0.2, 0) is 5.41 Å². The number of hydrogen-bond donors (Lipinski definition) is 1.